The van der Waals surface area contributed by atoms with Crippen LogP contribution in [0.2, 0.25) is 5.02 Å². The molecule has 1 amide bonds. The molecule has 3 rings (SSSR count). The lowest BCUT2D eigenvalue weighted by molar-refractivity contribution is -0.112. The number of anilines is 1. The highest BCUT2D eigenvalue weighted by Gasteiger charge is 2.13. The summed E-state index contributed by atoms with van der Waals surface area (Å²) in [5.41, 5.74) is 3.31. The number of carbonyl (C=O) groups excluding carboxylic acids is 2. The molecular formula is C27H23ClN2O4. The maximum atomic E-state index is 12.6. The fourth-order valence-electron chi connectivity index (χ4n) is 3.26. The minimum Gasteiger partial charge on any atom is -0.494 e. The van der Waals surface area contributed by atoms with Gasteiger partial charge in [0.25, 0.3) is 5.91 Å². The summed E-state index contributed by atoms with van der Waals surface area (Å²) in [6.45, 7) is 2.36. The number of ether oxygens (including phenoxy) is 2. The monoisotopic (exact) mass is 474 g/mol. The van der Waals surface area contributed by atoms with Crippen molar-refractivity contribution in [2.45, 2.75) is 13.3 Å². The van der Waals surface area contributed by atoms with E-state index in [1.54, 1.807) is 18.2 Å². The first-order chi connectivity index (χ1) is 16.4. The van der Waals surface area contributed by atoms with Crippen molar-refractivity contribution in [2.24, 2.45) is 0 Å². The van der Waals surface area contributed by atoms with Crippen molar-refractivity contribution in [3.63, 3.8) is 0 Å². The van der Waals surface area contributed by atoms with E-state index in [2.05, 4.69) is 10.1 Å². The highest BCUT2D eigenvalue weighted by molar-refractivity contribution is 6.31. The van der Waals surface area contributed by atoms with Crippen molar-refractivity contribution in [1.82, 2.24) is 0 Å². The van der Waals surface area contributed by atoms with Crippen molar-refractivity contribution >= 4 is 35.2 Å². The number of hydrogen-bond donors (Lipinski definition) is 1. The highest BCUT2D eigenvalue weighted by Crippen LogP contribution is 2.27. The quantitative estimate of drug-likeness (QED) is 0.258. The van der Waals surface area contributed by atoms with Crippen molar-refractivity contribution in [1.29, 1.82) is 5.26 Å². The number of amides is 1. The Bertz CT molecular complexity index is 1260. The molecule has 34 heavy (non-hydrogen) atoms. The Morgan fingerprint density at radius 1 is 1.06 bits per heavy atom. The van der Waals surface area contributed by atoms with Crippen LogP contribution in [0.5, 0.6) is 5.75 Å². The van der Waals surface area contributed by atoms with Gasteiger partial charge in [-0.3, -0.25) is 4.79 Å². The first-order valence-electron chi connectivity index (χ1n) is 10.6. The van der Waals surface area contributed by atoms with Gasteiger partial charge in [0, 0.05) is 17.1 Å². The van der Waals surface area contributed by atoms with E-state index < -0.39 is 11.9 Å². The summed E-state index contributed by atoms with van der Waals surface area (Å²) in [4.78, 5) is 24.2. The highest BCUT2D eigenvalue weighted by atomic mass is 35.5. The van der Waals surface area contributed by atoms with Crippen LogP contribution < -0.4 is 10.1 Å². The van der Waals surface area contributed by atoms with Crippen LogP contribution >= 0.6 is 11.6 Å². The van der Waals surface area contributed by atoms with Gasteiger partial charge in [0.15, 0.2) is 0 Å². The van der Waals surface area contributed by atoms with Crippen LogP contribution in [-0.2, 0) is 16.0 Å². The summed E-state index contributed by atoms with van der Waals surface area (Å²) in [5, 5.41) is 12.9. The van der Waals surface area contributed by atoms with Gasteiger partial charge in [0.05, 0.1) is 19.3 Å². The van der Waals surface area contributed by atoms with Gasteiger partial charge in [0.1, 0.15) is 17.4 Å². The van der Waals surface area contributed by atoms with Crippen LogP contribution in [0.15, 0.2) is 72.3 Å². The largest absolute Gasteiger partial charge is 0.494 e. The SMILES string of the molecule is CCOc1cc(/C=C(\C#N)C(=O)Nc2ccc(C(=O)OC)cc2)ccc1Cc1ccccc1Cl. The van der Waals surface area contributed by atoms with Gasteiger partial charge in [-0.25, -0.2) is 4.79 Å². The molecule has 0 aliphatic rings. The predicted molar refractivity (Wildman–Crippen MR) is 132 cm³/mol. The maximum absolute atomic E-state index is 12.6. The fraction of sp³-hybridized carbons (Fsp3) is 0.148. The second kappa shape index (κ2) is 11.7. The van der Waals surface area contributed by atoms with E-state index in [9.17, 15) is 14.9 Å². The van der Waals surface area contributed by atoms with E-state index in [0.717, 1.165) is 11.1 Å². The fourth-order valence-corrected chi connectivity index (χ4v) is 3.47. The molecule has 0 spiro atoms. The summed E-state index contributed by atoms with van der Waals surface area (Å²) in [6.07, 6.45) is 2.09. The molecule has 0 radical (unpaired) electrons. The third-order valence-electron chi connectivity index (χ3n) is 4.97. The average molecular weight is 475 g/mol. The topological polar surface area (TPSA) is 88.4 Å². The summed E-state index contributed by atoms with van der Waals surface area (Å²) in [7, 11) is 1.29. The molecule has 0 bridgehead atoms. The molecule has 0 aromatic heterocycles. The first kappa shape index (κ1) is 24.6. The van der Waals surface area contributed by atoms with Gasteiger partial charge in [0.2, 0.25) is 0 Å². The molecule has 0 atom stereocenters. The van der Waals surface area contributed by atoms with Crippen LogP contribution in [0, 0.1) is 11.3 Å². The van der Waals surface area contributed by atoms with Gasteiger partial charge < -0.3 is 14.8 Å². The number of nitrogens with one attached hydrogen (secondary N) is 1. The van der Waals surface area contributed by atoms with Crippen molar-refractivity contribution < 1.29 is 19.1 Å². The van der Waals surface area contributed by atoms with Gasteiger partial charge in [-0.1, -0.05) is 41.9 Å². The summed E-state index contributed by atoms with van der Waals surface area (Å²) < 4.78 is 10.5. The van der Waals surface area contributed by atoms with Crippen molar-refractivity contribution in [3.8, 4) is 11.8 Å². The van der Waals surface area contributed by atoms with Gasteiger partial charge >= 0.3 is 5.97 Å². The standard InChI is InChI=1S/C27H23ClN2O4/c1-3-34-25-15-18(8-9-21(25)16-20-6-4-5-7-24(20)28)14-22(17-29)26(31)30-23-12-10-19(11-13-23)27(32)33-2/h4-15H,3,16H2,1-2H3,(H,30,31)/b22-14+. The lowest BCUT2D eigenvalue weighted by Gasteiger charge is -2.12. The third kappa shape index (κ3) is 6.25. The molecule has 0 heterocycles. The van der Waals surface area contributed by atoms with E-state index in [4.69, 9.17) is 16.3 Å². The molecule has 0 aliphatic carbocycles. The van der Waals surface area contributed by atoms with E-state index in [1.165, 1.54) is 25.3 Å². The summed E-state index contributed by atoms with van der Waals surface area (Å²) in [6, 6.07) is 21.3. The average Bonchev–Trinajstić information content (AvgIpc) is 2.85. The molecule has 172 valence electrons. The number of benzene rings is 3. The second-order valence-corrected chi connectivity index (χ2v) is 7.67. The number of rotatable bonds is 8. The molecule has 7 heteroatoms. The Hall–Kier alpha value is -4.08. The number of carbonyl (C=O) groups is 2. The first-order valence-corrected chi connectivity index (χ1v) is 10.9. The van der Waals surface area contributed by atoms with Crippen molar-refractivity contribution in [3.05, 3.63) is 99.6 Å². The Morgan fingerprint density at radius 3 is 2.44 bits per heavy atom. The predicted octanol–water partition coefficient (Wildman–Crippen LogP) is 5.66. The molecule has 6 nitrogen and oxygen atoms in total. The molecule has 0 fully saturated rings. The number of methoxy groups -OCH3 is 1. The molecule has 1 N–H and O–H groups in total. The minimum atomic E-state index is -0.563. The molecular weight excluding hydrogens is 452 g/mol. The lowest BCUT2D eigenvalue weighted by Crippen LogP contribution is -2.13. The van der Waals surface area contributed by atoms with Crippen LogP contribution in [0.25, 0.3) is 6.08 Å². The molecule has 0 saturated heterocycles. The second-order valence-electron chi connectivity index (χ2n) is 7.26. The molecule has 0 aliphatic heterocycles. The van der Waals surface area contributed by atoms with Crippen LogP contribution in [-0.4, -0.2) is 25.6 Å². The van der Waals surface area contributed by atoms with Gasteiger partial charge in [-0.15, -0.1) is 0 Å². The third-order valence-corrected chi connectivity index (χ3v) is 5.34. The number of hydrogen-bond acceptors (Lipinski definition) is 5. The summed E-state index contributed by atoms with van der Waals surface area (Å²) in [5.74, 6) is -0.378. The van der Waals surface area contributed by atoms with Crippen LogP contribution in [0.3, 0.4) is 0 Å². The molecule has 0 unspecified atom stereocenters. The Morgan fingerprint density at radius 2 is 1.79 bits per heavy atom. The molecule has 3 aromatic rings. The normalized spacial score (nSPS) is 10.8. The van der Waals surface area contributed by atoms with E-state index in [1.807, 2.05) is 49.4 Å². The Labute approximate surface area is 203 Å². The number of nitrogens with zero attached hydrogens (tertiary/aromatic N) is 1. The zero-order chi connectivity index (χ0) is 24.5. The Kier molecular flexibility index (Phi) is 8.44. The molecule has 3 aromatic carbocycles. The zero-order valence-electron chi connectivity index (χ0n) is 18.8. The minimum absolute atomic E-state index is 0.0710. The Balaban J connectivity index is 1.81. The smallest absolute Gasteiger partial charge is 0.337 e. The van der Waals surface area contributed by atoms with Crippen molar-refractivity contribution in [2.75, 3.05) is 19.0 Å². The number of halogens is 1. The lowest BCUT2D eigenvalue weighted by atomic mass is 10.0. The van der Waals surface area contributed by atoms with Crippen LogP contribution in [0.4, 0.5) is 5.69 Å². The zero-order valence-corrected chi connectivity index (χ0v) is 19.6. The van der Waals surface area contributed by atoms with Crippen LogP contribution in [0.1, 0.15) is 34.0 Å². The number of esters is 1. The molecule has 0 saturated carbocycles. The van der Waals surface area contributed by atoms with E-state index >= 15 is 0 Å². The summed E-state index contributed by atoms with van der Waals surface area (Å²) >= 11 is 6.30. The van der Waals surface area contributed by atoms with E-state index in [0.29, 0.717) is 40.6 Å². The number of nitriles is 1. The maximum Gasteiger partial charge on any atom is 0.337 e. The van der Waals surface area contributed by atoms with E-state index in [-0.39, 0.29) is 5.57 Å². The van der Waals surface area contributed by atoms with Gasteiger partial charge in [-0.05, 0) is 66.1 Å². The van der Waals surface area contributed by atoms with Gasteiger partial charge in [-0.2, -0.15) is 5.26 Å².